The number of fused-ring (bicyclic) bond motifs is 5. The summed E-state index contributed by atoms with van der Waals surface area (Å²) >= 11 is 0. The normalized spacial score (nSPS) is 44.5. The van der Waals surface area contributed by atoms with Gasteiger partial charge in [0, 0.05) is 39.2 Å². The summed E-state index contributed by atoms with van der Waals surface area (Å²) in [4.78, 5) is 30.5. The lowest BCUT2D eigenvalue weighted by Crippen LogP contribution is -2.59. The fraction of sp³-hybridized carbons (Fsp3) is 0.833. The van der Waals surface area contributed by atoms with Gasteiger partial charge in [-0.2, -0.15) is 5.26 Å². The molecule has 3 aliphatic carbocycles. The molecule has 0 aromatic rings. The number of nitrogens with zero attached hydrogens (tertiary/aromatic N) is 2. The van der Waals surface area contributed by atoms with Crippen molar-refractivity contribution in [3.8, 4) is 6.07 Å². The molecule has 4 fully saturated rings. The van der Waals surface area contributed by atoms with E-state index in [1.54, 1.807) is 21.3 Å². The number of ether oxygens (including phenoxy) is 8. The molecule has 0 amide bonds. The molecule has 0 aromatic carbocycles. The zero-order valence-electron chi connectivity index (χ0n) is 33.8. The van der Waals surface area contributed by atoms with Gasteiger partial charge in [-0.15, -0.1) is 0 Å². The summed E-state index contributed by atoms with van der Waals surface area (Å²) in [5, 5.41) is 9.58. The molecule has 302 valence electrons. The van der Waals surface area contributed by atoms with Crippen LogP contribution in [0.25, 0.3) is 0 Å². The molecule has 3 saturated heterocycles. The van der Waals surface area contributed by atoms with Crippen molar-refractivity contribution in [3.05, 3.63) is 23.3 Å². The summed E-state index contributed by atoms with van der Waals surface area (Å²) in [7, 11) is 9.09. The first-order valence-corrected chi connectivity index (χ1v) is 20.3. The highest BCUT2D eigenvalue weighted by molar-refractivity contribution is 5.99. The van der Waals surface area contributed by atoms with Crippen LogP contribution in [-0.2, 0) is 47.5 Å². The molecule has 1 saturated carbocycles. The minimum atomic E-state index is -0.621. The second kappa shape index (κ2) is 17.9. The number of esters is 1. The number of methoxy groups -OCH3 is 3. The number of nitriles is 1. The number of hydrogen-bond acceptors (Lipinski definition) is 12. The predicted molar refractivity (Wildman–Crippen MR) is 199 cm³/mol. The number of cyclic esters (lactones) is 1. The molecule has 6 rings (SSSR count). The molecule has 17 atom stereocenters. The number of rotatable bonds is 9. The van der Waals surface area contributed by atoms with Gasteiger partial charge < -0.3 is 42.8 Å². The molecule has 6 aliphatic rings. The first-order valence-electron chi connectivity index (χ1n) is 20.3. The molecule has 12 heteroatoms. The zero-order valence-corrected chi connectivity index (χ0v) is 33.8. The number of Topliss-reactive ketones (excluding diaryl/α,β-unsaturated/α-hetero) is 1. The molecule has 54 heavy (non-hydrogen) atoms. The van der Waals surface area contributed by atoms with Crippen molar-refractivity contribution < 1.29 is 47.5 Å². The number of carbonyl (C=O) groups excluding carboxylic acids is 2. The summed E-state index contributed by atoms with van der Waals surface area (Å²) in [5.74, 6) is -0.527. The monoisotopic (exact) mass is 756 g/mol. The van der Waals surface area contributed by atoms with Gasteiger partial charge in [0.05, 0.1) is 43.3 Å². The summed E-state index contributed by atoms with van der Waals surface area (Å²) in [6.45, 7) is 8.19. The molecular weight excluding hydrogens is 692 g/mol. The van der Waals surface area contributed by atoms with E-state index in [0.717, 1.165) is 25.7 Å². The number of likely N-dealkylation sites (N-methyl/N-ethyl adjacent to an activating group) is 1. The Morgan fingerprint density at radius 1 is 0.852 bits per heavy atom. The van der Waals surface area contributed by atoms with E-state index >= 15 is 0 Å². The zero-order chi connectivity index (χ0) is 38.8. The minimum Gasteiger partial charge on any atom is -0.461 e. The van der Waals surface area contributed by atoms with Crippen molar-refractivity contribution in [3.63, 3.8) is 0 Å². The van der Waals surface area contributed by atoms with Crippen LogP contribution in [0, 0.1) is 46.8 Å². The SMILES string of the molecule is CO[C@@H]1[C@@H](OC)[C@H](C)O[C@@H](O[C@H]2C[C@H]3[C@@H]4C=C5C(=O)[C@H](C)[C@@H](O[C@H]6CC[C@H](N(C)C)[C@@H](C)O6)CCC[C@H](CC#N)OC(=O)C[C@H]5[C@@H]4C=C(C)[C@@H]3C2)[C@@H]1OC. The van der Waals surface area contributed by atoms with Crippen LogP contribution in [0.5, 0.6) is 0 Å². The lowest BCUT2D eigenvalue weighted by molar-refractivity contribution is -0.314. The molecular formula is C42H64N2O10. The lowest BCUT2D eigenvalue weighted by Gasteiger charge is -2.44. The van der Waals surface area contributed by atoms with Gasteiger partial charge in [0.2, 0.25) is 0 Å². The van der Waals surface area contributed by atoms with Crippen LogP contribution in [0.2, 0.25) is 0 Å². The summed E-state index contributed by atoms with van der Waals surface area (Å²) in [5.41, 5.74) is 1.97. The molecule has 0 aromatic heterocycles. The van der Waals surface area contributed by atoms with E-state index in [4.69, 9.17) is 37.9 Å². The topological polar surface area (TPSA) is 135 Å². The molecule has 0 unspecified atom stereocenters. The van der Waals surface area contributed by atoms with E-state index in [0.29, 0.717) is 30.9 Å². The van der Waals surface area contributed by atoms with Gasteiger partial charge in [-0.3, -0.25) is 9.59 Å². The highest BCUT2D eigenvalue weighted by Gasteiger charge is 2.53. The number of carbonyl (C=O) groups is 2. The van der Waals surface area contributed by atoms with Gasteiger partial charge in [-0.25, -0.2) is 0 Å². The van der Waals surface area contributed by atoms with Crippen LogP contribution in [0.3, 0.4) is 0 Å². The maximum atomic E-state index is 14.7. The average molecular weight is 757 g/mol. The standard InChI is InChI=1S/C42H64N2O10/c1-22-17-29-31(30-19-27(18-28(22)30)53-42-41(49-9)40(48-8)39(47-7)25(4)51-42)20-33-32(29)21-36(45)52-26(15-16-43)11-10-12-35(23(2)38(33)46)54-37-14-13-34(44(5)6)24(3)50-37/h17,20,23-32,34-35,37,39-42H,10-15,18-19,21H2,1-9H3/t23-,24-,25+,26-,27-,28+,29-,30-,31-,32+,34+,35+,37+,39+,40-,41-,42+/m1/s1. The number of ketones is 1. The first kappa shape index (κ1) is 41.4. The Kier molecular flexibility index (Phi) is 13.8. The van der Waals surface area contributed by atoms with Crippen LogP contribution < -0.4 is 0 Å². The Morgan fingerprint density at radius 2 is 1.59 bits per heavy atom. The third-order valence-electron chi connectivity index (χ3n) is 13.5. The fourth-order valence-corrected chi connectivity index (χ4v) is 10.7. The Bertz CT molecular complexity index is 1430. The van der Waals surface area contributed by atoms with Crippen molar-refractivity contribution in [2.45, 2.75) is 153 Å². The smallest absolute Gasteiger partial charge is 0.306 e. The Morgan fingerprint density at radius 3 is 2.26 bits per heavy atom. The largest absolute Gasteiger partial charge is 0.461 e. The lowest BCUT2D eigenvalue weighted by atomic mass is 9.67. The number of allylic oxidation sites excluding steroid dienone is 4. The van der Waals surface area contributed by atoms with Gasteiger partial charge in [0.1, 0.15) is 24.4 Å². The summed E-state index contributed by atoms with van der Waals surface area (Å²) in [6, 6.07) is 2.51. The van der Waals surface area contributed by atoms with E-state index in [1.807, 2.05) is 13.8 Å². The molecule has 3 heterocycles. The highest BCUT2D eigenvalue weighted by Crippen LogP contribution is 2.56. The fourth-order valence-electron chi connectivity index (χ4n) is 10.7. The Balaban J connectivity index is 1.24. The van der Waals surface area contributed by atoms with E-state index < -0.39 is 30.7 Å². The van der Waals surface area contributed by atoms with Crippen molar-refractivity contribution in [1.82, 2.24) is 4.90 Å². The third-order valence-corrected chi connectivity index (χ3v) is 13.5. The molecule has 0 N–H and O–H groups in total. The average Bonchev–Trinajstić information content (AvgIpc) is 3.71. The van der Waals surface area contributed by atoms with E-state index in [1.165, 1.54) is 5.57 Å². The van der Waals surface area contributed by atoms with Crippen LogP contribution in [0.15, 0.2) is 23.3 Å². The molecule has 0 bridgehead atoms. The predicted octanol–water partition coefficient (Wildman–Crippen LogP) is 5.38. The maximum Gasteiger partial charge on any atom is 0.306 e. The second-order valence-corrected chi connectivity index (χ2v) is 16.9. The Hall–Kier alpha value is -2.21. The number of hydrogen-bond donors (Lipinski definition) is 0. The minimum absolute atomic E-state index is 0.000185. The van der Waals surface area contributed by atoms with Gasteiger partial charge in [-0.05, 0) is 109 Å². The van der Waals surface area contributed by atoms with Crippen LogP contribution >= 0.6 is 0 Å². The second-order valence-electron chi connectivity index (χ2n) is 16.9. The van der Waals surface area contributed by atoms with Gasteiger partial charge in [-0.1, -0.05) is 24.6 Å². The quantitative estimate of drug-likeness (QED) is 0.221. The molecule has 0 spiro atoms. The molecule has 0 radical (unpaired) electrons. The van der Waals surface area contributed by atoms with Crippen molar-refractivity contribution in [2.75, 3.05) is 35.4 Å². The van der Waals surface area contributed by atoms with Crippen molar-refractivity contribution >= 4 is 11.8 Å². The van der Waals surface area contributed by atoms with Gasteiger partial charge in [0.15, 0.2) is 18.4 Å². The summed E-state index contributed by atoms with van der Waals surface area (Å²) < 4.78 is 49.5. The van der Waals surface area contributed by atoms with Crippen molar-refractivity contribution in [2.24, 2.45) is 35.5 Å². The maximum absolute atomic E-state index is 14.7. The van der Waals surface area contributed by atoms with E-state index in [-0.39, 0.29) is 90.8 Å². The van der Waals surface area contributed by atoms with E-state index in [2.05, 4.69) is 51.1 Å². The first-order chi connectivity index (χ1) is 25.9. The molecule has 12 nitrogen and oxygen atoms in total. The van der Waals surface area contributed by atoms with Crippen LogP contribution in [-0.4, -0.2) is 120 Å². The highest BCUT2D eigenvalue weighted by atomic mass is 16.7. The van der Waals surface area contributed by atoms with Crippen LogP contribution in [0.1, 0.15) is 85.5 Å². The van der Waals surface area contributed by atoms with E-state index in [9.17, 15) is 14.9 Å². The van der Waals surface area contributed by atoms with Gasteiger partial charge in [0.25, 0.3) is 0 Å². The third kappa shape index (κ3) is 8.54. The van der Waals surface area contributed by atoms with Gasteiger partial charge >= 0.3 is 5.97 Å². The van der Waals surface area contributed by atoms with Crippen LogP contribution in [0.4, 0.5) is 0 Å². The van der Waals surface area contributed by atoms with Crippen molar-refractivity contribution in [1.29, 1.82) is 5.26 Å². The Labute approximate surface area is 322 Å². The molecule has 3 aliphatic heterocycles. The summed E-state index contributed by atoms with van der Waals surface area (Å²) in [6.07, 6.45) is 6.50.